The SMILES string of the molecule is CCNC(=NCCCN1CCCC1=O)N(C)Cc1ccc(OC)cc1.I. The molecule has 0 atom stereocenters. The van der Waals surface area contributed by atoms with Crippen LogP contribution in [0.25, 0.3) is 0 Å². The predicted octanol–water partition coefficient (Wildman–Crippen LogP) is 2.72. The highest BCUT2D eigenvalue weighted by molar-refractivity contribution is 14.0. The predicted molar refractivity (Wildman–Crippen MR) is 116 cm³/mol. The quantitative estimate of drug-likeness (QED) is 0.273. The van der Waals surface area contributed by atoms with Crippen LogP contribution in [0.4, 0.5) is 0 Å². The molecule has 0 aliphatic carbocycles. The minimum atomic E-state index is 0. The summed E-state index contributed by atoms with van der Waals surface area (Å²) in [5, 5.41) is 3.33. The van der Waals surface area contributed by atoms with Gasteiger partial charge < -0.3 is 19.9 Å². The summed E-state index contributed by atoms with van der Waals surface area (Å²) in [5.74, 6) is 2.04. The molecule has 6 nitrogen and oxygen atoms in total. The first-order valence-electron chi connectivity index (χ1n) is 9.04. The van der Waals surface area contributed by atoms with E-state index in [0.29, 0.717) is 6.42 Å². The van der Waals surface area contributed by atoms with Crippen LogP contribution in [0.3, 0.4) is 0 Å². The van der Waals surface area contributed by atoms with Crippen molar-refractivity contribution in [1.29, 1.82) is 0 Å². The van der Waals surface area contributed by atoms with Gasteiger partial charge in [-0.3, -0.25) is 9.79 Å². The van der Waals surface area contributed by atoms with E-state index in [0.717, 1.165) is 57.3 Å². The molecule has 0 unspecified atom stereocenters. The molecule has 0 radical (unpaired) electrons. The van der Waals surface area contributed by atoms with Gasteiger partial charge in [-0.05, 0) is 37.5 Å². The lowest BCUT2D eigenvalue weighted by atomic mass is 10.2. The highest BCUT2D eigenvalue weighted by atomic mass is 127. The molecule has 1 saturated heterocycles. The van der Waals surface area contributed by atoms with E-state index in [2.05, 4.69) is 29.3 Å². The molecule has 1 aromatic carbocycles. The lowest BCUT2D eigenvalue weighted by Crippen LogP contribution is -2.38. The Hall–Kier alpha value is -1.51. The number of benzene rings is 1. The minimum absolute atomic E-state index is 0. The maximum atomic E-state index is 11.6. The van der Waals surface area contributed by atoms with Crippen LogP contribution in [0.15, 0.2) is 29.3 Å². The van der Waals surface area contributed by atoms with E-state index < -0.39 is 0 Å². The summed E-state index contributed by atoms with van der Waals surface area (Å²) in [6.07, 6.45) is 2.60. The Morgan fingerprint density at radius 2 is 2.08 bits per heavy atom. The monoisotopic (exact) mass is 474 g/mol. The van der Waals surface area contributed by atoms with Gasteiger partial charge in [-0.2, -0.15) is 0 Å². The normalized spacial score (nSPS) is 14.2. The van der Waals surface area contributed by atoms with E-state index in [-0.39, 0.29) is 29.9 Å². The maximum absolute atomic E-state index is 11.6. The number of likely N-dealkylation sites (tertiary alicyclic amines) is 1. The summed E-state index contributed by atoms with van der Waals surface area (Å²) in [5.41, 5.74) is 1.21. The van der Waals surface area contributed by atoms with Crippen LogP contribution in [-0.2, 0) is 11.3 Å². The average Bonchev–Trinajstić information content (AvgIpc) is 3.03. The standard InChI is InChI=1S/C19H30N4O2.HI/c1-4-20-19(21-12-6-14-23-13-5-7-18(23)24)22(2)15-16-8-10-17(25-3)11-9-16;/h8-11H,4-7,12-15H2,1-3H3,(H,20,21);1H. The second-order valence-corrected chi connectivity index (χ2v) is 6.28. The number of nitrogens with one attached hydrogen (secondary N) is 1. The molecular formula is C19H31IN4O2. The topological polar surface area (TPSA) is 57.2 Å². The van der Waals surface area contributed by atoms with Crippen LogP contribution in [-0.4, -0.2) is 62.0 Å². The first-order chi connectivity index (χ1) is 12.1. The number of carbonyl (C=O) groups is 1. The number of halogens is 1. The van der Waals surface area contributed by atoms with Crippen LogP contribution in [0, 0.1) is 0 Å². The fraction of sp³-hybridized carbons (Fsp3) is 0.579. The Balaban J connectivity index is 0.00000338. The Morgan fingerprint density at radius 1 is 1.35 bits per heavy atom. The Morgan fingerprint density at radius 3 is 2.65 bits per heavy atom. The summed E-state index contributed by atoms with van der Waals surface area (Å²) in [4.78, 5) is 20.4. The molecule has 0 saturated carbocycles. The molecule has 1 aliphatic rings. The second-order valence-electron chi connectivity index (χ2n) is 6.28. The van der Waals surface area contributed by atoms with E-state index in [4.69, 9.17) is 9.73 Å². The van der Waals surface area contributed by atoms with E-state index >= 15 is 0 Å². The van der Waals surface area contributed by atoms with Crippen molar-refractivity contribution in [2.75, 3.05) is 40.3 Å². The summed E-state index contributed by atoms with van der Waals surface area (Å²) < 4.78 is 5.20. The van der Waals surface area contributed by atoms with Crippen molar-refractivity contribution < 1.29 is 9.53 Å². The molecule has 1 aromatic rings. The van der Waals surface area contributed by atoms with E-state index in [1.807, 2.05) is 24.1 Å². The first kappa shape index (κ1) is 22.5. The molecule has 1 amide bonds. The third-order valence-corrected chi connectivity index (χ3v) is 4.29. The molecule has 1 aliphatic heterocycles. The largest absolute Gasteiger partial charge is 0.497 e. The summed E-state index contributed by atoms with van der Waals surface area (Å²) in [7, 11) is 3.71. The fourth-order valence-corrected chi connectivity index (χ4v) is 2.94. The zero-order chi connectivity index (χ0) is 18.1. The van der Waals surface area contributed by atoms with Crippen LogP contribution >= 0.6 is 24.0 Å². The third kappa shape index (κ3) is 7.01. The average molecular weight is 474 g/mol. The molecule has 146 valence electrons. The lowest BCUT2D eigenvalue weighted by Gasteiger charge is -2.22. The molecular weight excluding hydrogens is 443 g/mol. The zero-order valence-electron chi connectivity index (χ0n) is 16.0. The Labute approximate surface area is 174 Å². The molecule has 26 heavy (non-hydrogen) atoms. The number of aliphatic imine (C=N–C) groups is 1. The second kappa shape index (κ2) is 12.0. The van der Waals surface area contributed by atoms with Gasteiger partial charge in [0.2, 0.25) is 5.91 Å². The van der Waals surface area contributed by atoms with Crippen LogP contribution in [0.1, 0.15) is 31.7 Å². The number of hydrogen-bond acceptors (Lipinski definition) is 3. The van der Waals surface area contributed by atoms with E-state index in [1.54, 1.807) is 7.11 Å². The van der Waals surface area contributed by atoms with E-state index in [1.165, 1.54) is 5.56 Å². The van der Waals surface area contributed by atoms with Gasteiger partial charge in [0.05, 0.1) is 7.11 Å². The van der Waals surface area contributed by atoms with Crippen LogP contribution in [0.5, 0.6) is 5.75 Å². The fourth-order valence-electron chi connectivity index (χ4n) is 2.94. The molecule has 0 aromatic heterocycles. The Kier molecular flexibility index (Phi) is 10.4. The van der Waals surface area contributed by atoms with Crippen molar-refractivity contribution in [2.45, 2.75) is 32.7 Å². The van der Waals surface area contributed by atoms with Gasteiger partial charge >= 0.3 is 0 Å². The highest BCUT2D eigenvalue weighted by Crippen LogP contribution is 2.13. The third-order valence-electron chi connectivity index (χ3n) is 4.29. The first-order valence-corrected chi connectivity index (χ1v) is 9.04. The Bertz CT molecular complexity index is 577. The maximum Gasteiger partial charge on any atom is 0.222 e. The van der Waals surface area contributed by atoms with Gasteiger partial charge in [0.1, 0.15) is 5.75 Å². The number of rotatable bonds is 8. The highest BCUT2D eigenvalue weighted by Gasteiger charge is 2.18. The number of amides is 1. The lowest BCUT2D eigenvalue weighted by molar-refractivity contribution is -0.127. The molecule has 0 bridgehead atoms. The number of hydrogen-bond donors (Lipinski definition) is 1. The summed E-state index contributed by atoms with van der Waals surface area (Å²) in [6, 6.07) is 8.08. The number of ether oxygens (including phenoxy) is 1. The molecule has 1 N–H and O–H groups in total. The van der Waals surface area contributed by atoms with Crippen molar-refractivity contribution in [3.63, 3.8) is 0 Å². The molecule has 7 heteroatoms. The van der Waals surface area contributed by atoms with Gasteiger partial charge in [0.25, 0.3) is 0 Å². The smallest absolute Gasteiger partial charge is 0.222 e. The van der Waals surface area contributed by atoms with Crippen molar-refractivity contribution in [2.24, 2.45) is 4.99 Å². The summed E-state index contributed by atoms with van der Waals surface area (Å²) >= 11 is 0. The van der Waals surface area contributed by atoms with Gasteiger partial charge in [0.15, 0.2) is 5.96 Å². The van der Waals surface area contributed by atoms with Gasteiger partial charge in [-0.15, -0.1) is 24.0 Å². The minimum Gasteiger partial charge on any atom is -0.497 e. The van der Waals surface area contributed by atoms with Crippen molar-refractivity contribution in [3.8, 4) is 5.75 Å². The number of nitrogens with zero attached hydrogens (tertiary/aromatic N) is 3. The number of carbonyl (C=O) groups excluding carboxylic acids is 1. The molecule has 0 spiro atoms. The van der Waals surface area contributed by atoms with Crippen molar-refractivity contribution in [3.05, 3.63) is 29.8 Å². The summed E-state index contributed by atoms with van der Waals surface area (Å²) in [6.45, 7) is 6.11. The zero-order valence-corrected chi connectivity index (χ0v) is 18.4. The van der Waals surface area contributed by atoms with Crippen LogP contribution < -0.4 is 10.1 Å². The van der Waals surface area contributed by atoms with Gasteiger partial charge in [0, 0.05) is 46.2 Å². The van der Waals surface area contributed by atoms with E-state index in [9.17, 15) is 4.79 Å². The van der Waals surface area contributed by atoms with Gasteiger partial charge in [-0.25, -0.2) is 0 Å². The van der Waals surface area contributed by atoms with Crippen LogP contribution in [0.2, 0.25) is 0 Å². The molecule has 1 heterocycles. The molecule has 2 rings (SSSR count). The number of guanidine groups is 1. The van der Waals surface area contributed by atoms with Crippen molar-refractivity contribution >= 4 is 35.8 Å². The van der Waals surface area contributed by atoms with Crippen molar-refractivity contribution in [1.82, 2.24) is 15.1 Å². The number of methoxy groups -OCH3 is 1. The molecule has 1 fully saturated rings. The van der Waals surface area contributed by atoms with Gasteiger partial charge in [-0.1, -0.05) is 12.1 Å².